The van der Waals surface area contributed by atoms with E-state index >= 15 is 0 Å². The zero-order valence-electron chi connectivity index (χ0n) is 7.94. The molecule has 1 nitrogen and oxygen atoms in total. The molecule has 1 aromatic heterocycles. The summed E-state index contributed by atoms with van der Waals surface area (Å²) in [6.07, 6.45) is 1.83. The molecule has 0 unspecified atom stereocenters. The standard InChI is InChI=1S/C11H9Br2N/c1-6-3-7(2)11-8(4-6)10(13)9(12)5-14-11/h3-5H,1-2H3. The van der Waals surface area contributed by atoms with Crippen molar-refractivity contribution >= 4 is 42.8 Å². The normalized spacial score (nSPS) is 10.9. The van der Waals surface area contributed by atoms with Crippen molar-refractivity contribution in [2.45, 2.75) is 13.8 Å². The summed E-state index contributed by atoms with van der Waals surface area (Å²) >= 11 is 7.02. The Morgan fingerprint density at radius 3 is 2.57 bits per heavy atom. The second-order valence-electron chi connectivity index (χ2n) is 3.40. The Bertz CT molecular complexity index is 506. The van der Waals surface area contributed by atoms with E-state index in [2.05, 4.69) is 62.8 Å². The number of fused-ring (bicyclic) bond motifs is 1. The molecule has 0 fully saturated rings. The number of benzene rings is 1. The van der Waals surface area contributed by atoms with Crippen molar-refractivity contribution in [3.8, 4) is 0 Å². The monoisotopic (exact) mass is 313 g/mol. The second kappa shape index (κ2) is 3.63. The number of hydrogen-bond acceptors (Lipinski definition) is 1. The van der Waals surface area contributed by atoms with Gasteiger partial charge in [-0.2, -0.15) is 0 Å². The zero-order chi connectivity index (χ0) is 10.3. The fraction of sp³-hybridized carbons (Fsp3) is 0.182. The fourth-order valence-electron chi connectivity index (χ4n) is 1.61. The molecule has 0 aliphatic rings. The molecule has 0 N–H and O–H groups in total. The first-order valence-corrected chi connectivity index (χ1v) is 5.89. The van der Waals surface area contributed by atoms with Crippen molar-refractivity contribution in [1.82, 2.24) is 4.98 Å². The van der Waals surface area contributed by atoms with Gasteiger partial charge in [-0.25, -0.2) is 0 Å². The lowest BCUT2D eigenvalue weighted by Crippen LogP contribution is -1.87. The van der Waals surface area contributed by atoms with Gasteiger partial charge in [-0.3, -0.25) is 4.98 Å². The number of hydrogen-bond donors (Lipinski definition) is 0. The van der Waals surface area contributed by atoms with Gasteiger partial charge in [0.2, 0.25) is 0 Å². The summed E-state index contributed by atoms with van der Waals surface area (Å²) in [4.78, 5) is 4.41. The lowest BCUT2D eigenvalue weighted by atomic mass is 10.1. The van der Waals surface area contributed by atoms with Crippen LogP contribution in [0, 0.1) is 13.8 Å². The number of aromatic nitrogens is 1. The van der Waals surface area contributed by atoms with Gasteiger partial charge < -0.3 is 0 Å². The molecule has 0 bridgehead atoms. The van der Waals surface area contributed by atoms with Gasteiger partial charge in [0, 0.05) is 16.1 Å². The Morgan fingerprint density at radius 1 is 1.14 bits per heavy atom. The topological polar surface area (TPSA) is 12.9 Å². The molecule has 1 aromatic carbocycles. The van der Waals surface area contributed by atoms with Gasteiger partial charge in [0.25, 0.3) is 0 Å². The molecule has 0 atom stereocenters. The molecule has 0 amide bonds. The smallest absolute Gasteiger partial charge is 0.0743 e. The van der Waals surface area contributed by atoms with Gasteiger partial charge >= 0.3 is 0 Å². The Balaban J connectivity index is 2.95. The maximum Gasteiger partial charge on any atom is 0.0743 e. The maximum atomic E-state index is 4.41. The molecule has 3 heteroatoms. The number of halogens is 2. The molecule has 0 saturated heterocycles. The van der Waals surface area contributed by atoms with E-state index in [1.165, 1.54) is 11.1 Å². The molecule has 0 saturated carbocycles. The zero-order valence-corrected chi connectivity index (χ0v) is 11.1. The lowest BCUT2D eigenvalue weighted by molar-refractivity contribution is 1.32. The van der Waals surface area contributed by atoms with Crippen molar-refractivity contribution in [2.24, 2.45) is 0 Å². The van der Waals surface area contributed by atoms with Crippen LogP contribution < -0.4 is 0 Å². The highest BCUT2D eigenvalue weighted by Gasteiger charge is 2.06. The molecule has 0 spiro atoms. The van der Waals surface area contributed by atoms with Crippen LogP contribution in [0.3, 0.4) is 0 Å². The Labute approximate surface area is 99.8 Å². The third-order valence-electron chi connectivity index (χ3n) is 2.20. The molecule has 0 aliphatic heterocycles. The van der Waals surface area contributed by atoms with Crippen LogP contribution in [0.25, 0.3) is 10.9 Å². The van der Waals surface area contributed by atoms with Crippen molar-refractivity contribution < 1.29 is 0 Å². The summed E-state index contributed by atoms with van der Waals surface area (Å²) in [6, 6.07) is 4.29. The van der Waals surface area contributed by atoms with Crippen LogP contribution in [0.5, 0.6) is 0 Å². The average Bonchev–Trinajstić information content (AvgIpc) is 2.12. The van der Waals surface area contributed by atoms with Crippen molar-refractivity contribution in [3.05, 3.63) is 38.4 Å². The third kappa shape index (κ3) is 1.59. The molecule has 1 heterocycles. The van der Waals surface area contributed by atoms with Crippen LogP contribution in [-0.2, 0) is 0 Å². The van der Waals surface area contributed by atoms with E-state index in [0.29, 0.717) is 0 Å². The summed E-state index contributed by atoms with van der Waals surface area (Å²) in [5, 5.41) is 1.16. The van der Waals surface area contributed by atoms with Gasteiger partial charge in [0.15, 0.2) is 0 Å². The Morgan fingerprint density at radius 2 is 1.86 bits per heavy atom. The fourth-order valence-corrected chi connectivity index (χ4v) is 2.33. The van der Waals surface area contributed by atoms with Gasteiger partial charge in [-0.1, -0.05) is 11.6 Å². The first kappa shape index (κ1) is 10.1. The summed E-state index contributed by atoms with van der Waals surface area (Å²) in [5.41, 5.74) is 3.54. The number of pyridine rings is 1. The van der Waals surface area contributed by atoms with Crippen molar-refractivity contribution in [2.75, 3.05) is 0 Å². The van der Waals surface area contributed by atoms with Gasteiger partial charge in [0.1, 0.15) is 0 Å². The minimum absolute atomic E-state index is 0.995. The molecule has 2 aromatic rings. The molecule has 0 radical (unpaired) electrons. The first-order valence-electron chi connectivity index (χ1n) is 4.30. The Hall–Kier alpha value is -0.410. The van der Waals surface area contributed by atoms with Crippen LogP contribution in [-0.4, -0.2) is 4.98 Å². The highest BCUT2D eigenvalue weighted by Crippen LogP contribution is 2.31. The third-order valence-corrected chi connectivity index (χ3v) is 4.19. The van der Waals surface area contributed by atoms with Gasteiger partial charge in [0.05, 0.1) is 9.99 Å². The van der Waals surface area contributed by atoms with Crippen LogP contribution in [0.1, 0.15) is 11.1 Å². The quantitative estimate of drug-likeness (QED) is 0.703. The van der Waals surface area contributed by atoms with E-state index in [9.17, 15) is 0 Å². The number of nitrogens with zero attached hydrogens (tertiary/aromatic N) is 1. The van der Waals surface area contributed by atoms with Gasteiger partial charge in [-0.15, -0.1) is 0 Å². The van der Waals surface area contributed by atoms with Crippen molar-refractivity contribution in [1.29, 1.82) is 0 Å². The molecule has 0 aliphatic carbocycles. The van der Waals surface area contributed by atoms with E-state index < -0.39 is 0 Å². The van der Waals surface area contributed by atoms with E-state index in [1.54, 1.807) is 0 Å². The van der Waals surface area contributed by atoms with Crippen molar-refractivity contribution in [3.63, 3.8) is 0 Å². The van der Waals surface area contributed by atoms with Crippen LogP contribution in [0.15, 0.2) is 27.3 Å². The van der Waals surface area contributed by atoms with E-state index in [4.69, 9.17) is 0 Å². The predicted molar refractivity (Wildman–Crippen MR) is 66.6 cm³/mol. The Kier molecular flexibility index (Phi) is 2.62. The van der Waals surface area contributed by atoms with E-state index in [1.807, 2.05) is 6.20 Å². The summed E-state index contributed by atoms with van der Waals surface area (Å²) in [5.74, 6) is 0. The lowest BCUT2D eigenvalue weighted by Gasteiger charge is -2.06. The van der Waals surface area contributed by atoms with Crippen LogP contribution in [0.2, 0.25) is 0 Å². The number of aryl methyl sites for hydroxylation is 2. The first-order chi connectivity index (χ1) is 6.59. The summed E-state index contributed by atoms with van der Waals surface area (Å²) < 4.78 is 2.07. The highest BCUT2D eigenvalue weighted by molar-refractivity contribution is 9.13. The van der Waals surface area contributed by atoms with Crippen LogP contribution >= 0.6 is 31.9 Å². The molecular formula is C11H9Br2N. The SMILES string of the molecule is Cc1cc(C)c2ncc(Br)c(Br)c2c1. The minimum Gasteiger partial charge on any atom is -0.255 e. The van der Waals surface area contributed by atoms with Crippen LogP contribution in [0.4, 0.5) is 0 Å². The summed E-state index contributed by atoms with van der Waals surface area (Å²) in [7, 11) is 0. The maximum absolute atomic E-state index is 4.41. The largest absolute Gasteiger partial charge is 0.255 e. The minimum atomic E-state index is 0.995. The molecular weight excluding hydrogens is 306 g/mol. The highest BCUT2D eigenvalue weighted by atomic mass is 79.9. The predicted octanol–water partition coefficient (Wildman–Crippen LogP) is 4.38. The average molecular weight is 315 g/mol. The molecule has 14 heavy (non-hydrogen) atoms. The molecule has 2 rings (SSSR count). The number of rotatable bonds is 0. The molecule has 72 valence electrons. The van der Waals surface area contributed by atoms with Gasteiger partial charge in [-0.05, 0) is 57.3 Å². The van der Waals surface area contributed by atoms with E-state index in [0.717, 1.165) is 19.8 Å². The van der Waals surface area contributed by atoms with E-state index in [-0.39, 0.29) is 0 Å². The second-order valence-corrected chi connectivity index (χ2v) is 5.05. The summed E-state index contributed by atoms with van der Waals surface area (Å²) in [6.45, 7) is 4.18.